The van der Waals surface area contributed by atoms with Crippen molar-refractivity contribution in [3.05, 3.63) is 55.6 Å². The molecule has 2 aromatic rings. The van der Waals surface area contributed by atoms with Crippen LogP contribution in [-0.2, 0) is 6.54 Å². The molecule has 1 saturated heterocycles. The number of thiophene rings is 1. The maximum absolute atomic E-state index is 6.13. The molecule has 1 aliphatic heterocycles. The number of benzene rings is 1. The fourth-order valence-electron chi connectivity index (χ4n) is 3.10. The molecule has 120 valence electrons. The normalized spacial score (nSPS) is 21.8. The van der Waals surface area contributed by atoms with Crippen LogP contribution in [0.15, 0.2) is 40.9 Å². The van der Waals surface area contributed by atoms with Crippen molar-refractivity contribution < 1.29 is 0 Å². The van der Waals surface area contributed by atoms with E-state index in [0.717, 1.165) is 35.0 Å². The molecular formula is C16H19BrCl2N2S. The summed E-state index contributed by atoms with van der Waals surface area (Å²) in [7, 11) is 0. The van der Waals surface area contributed by atoms with Gasteiger partial charge in [0.25, 0.3) is 0 Å². The van der Waals surface area contributed by atoms with E-state index in [1.807, 2.05) is 0 Å². The zero-order valence-electron chi connectivity index (χ0n) is 12.0. The Balaban J connectivity index is 0.00000176. The smallest absolute Gasteiger partial charge is 0.107 e. The molecular weight excluding hydrogens is 403 g/mol. The van der Waals surface area contributed by atoms with Gasteiger partial charge in [0, 0.05) is 34.9 Å². The summed E-state index contributed by atoms with van der Waals surface area (Å²) >= 11 is 11.3. The molecule has 1 fully saturated rings. The summed E-state index contributed by atoms with van der Waals surface area (Å²) in [6, 6.07) is 12.9. The standard InChI is InChI=1S/C16H18BrClN2S.ClH/c17-15-6-13(21-16(15)18)9-20-8-12(7-19)14(10-20)11-4-2-1-3-5-11;/h1-6,12,14H,7-10,19H2;1H/t12-,14+;/m1./s1. The van der Waals surface area contributed by atoms with Crippen molar-refractivity contribution >= 4 is 51.3 Å². The van der Waals surface area contributed by atoms with E-state index in [4.69, 9.17) is 17.3 Å². The van der Waals surface area contributed by atoms with Gasteiger partial charge in [-0.05, 0) is 40.0 Å². The summed E-state index contributed by atoms with van der Waals surface area (Å²) in [5.74, 6) is 1.07. The minimum Gasteiger partial charge on any atom is -0.330 e. The van der Waals surface area contributed by atoms with Crippen molar-refractivity contribution in [1.29, 1.82) is 0 Å². The third-order valence-corrected chi connectivity index (χ3v) is 6.58. The van der Waals surface area contributed by atoms with Crippen molar-refractivity contribution in [1.82, 2.24) is 4.90 Å². The first-order chi connectivity index (χ1) is 10.2. The Kier molecular flexibility index (Phi) is 6.74. The molecule has 1 aromatic heterocycles. The zero-order chi connectivity index (χ0) is 14.8. The molecule has 1 aromatic carbocycles. The maximum atomic E-state index is 6.13. The van der Waals surface area contributed by atoms with E-state index in [9.17, 15) is 0 Å². The number of halogens is 3. The predicted molar refractivity (Wildman–Crippen MR) is 101 cm³/mol. The van der Waals surface area contributed by atoms with Crippen LogP contribution < -0.4 is 5.73 Å². The van der Waals surface area contributed by atoms with Gasteiger partial charge in [-0.2, -0.15) is 0 Å². The molecule has 6 heteroatoms. The molecule has 0 bridgehead atoms. The first kappa shape index (κ1) is 18.2. The molecule has 1 aliphatic rings. The Bertz CT molecular complexity index is 586. The topological polar surface area (TPSA) is 29.3 Å². The second kappa shape index (κ2) is 8.13. The van der Waals surface area contributed by atoms with E-state index in [0.29, 0.717) is 11.8 Å². The van der Waals surface area contributed by atoms with Gasteiger partial charge in [0.2, 0.25) is 0 Å². The average molecular weight is 422 g/mol. The third kappa shape index (κ3) is 4.05. The van der Waals surface area contributed by atoms with Gasteiger partial charge in [-0.15, -0.1) is 23.7 Å². The van der Waals surface area contributed by atoms with Gasteiger partial charge in [0.1, 0.15) is 4.34 Å². The van der Waals surface area contributed by atoms with Gasteiger partial charge in [-0.25, -0.2) is 0 Å². The number of nitrogens with two attached hydrogens (primary N) is 1. The van der Waals surface area contributed by atoms with Crippen molar-refractivity contribution in [2.24, 2.45) is 11.7 Å². The minimum absolute atomic E-state index is 0. The molecule has 0 amide bonds. The second-order valence-corrected chi connectivity index (χ2v) is 8.13. The highest BCUT2D eigenvalue weighted by atomic mass is 79.9. The van der Waals surface area contributed by atoms with Crippen molar-refractivity contribution in [2.45, 2.75) is 12.5 Å². The van der Waals surface area contributed by atoms with Gasteiger partial charge in [-0.1, -0.05) is 41.9 Å². The zero-order valence-corrected chi connectivity index (χ0v) is 16.0. The first-order valence-corrected chi connectivity index (χ1v) is 9.07. The van der Waals surface area contributed by atoms with Crippen molar-refractivity contribution in [3.63, 3.8) is 0 Å². The van der Waals surface area contributed by atoms with Crippen molar-refractivity contribution in [3.8, 4) is 0 Å². The quantitative estimate of drug-likeness (QED) is 0.770. The fourth-order valence-corrected chi connectivity index (χ4v) is 4.93. The van der Waals surface area contributed by atoms with Crippen LogP contribution in [0.1, 0.15) is 16.4 Å². The Labute approximate surface area is 155 Å². The number of likely N-dealkylation sites (tertiary alicyclic amines) is 1. The number of hydrogen-bond acceptors (Lipinski definition) is 3. The lowest BCUT2D eigenvalue weighted by Gasteiger charge is -2.16. The highest BCUT2D eigenvalue weighted by molar-refractivity contribution is 9.10. The summed E-state index contributed by atoms with van der Waals surface area (Å²) in [6.45, 7) is 3.82. The van der Waals surface area contributed by atoms with Gasteiger partial charge >= 0.3 is 0 Å². The molecule has 2 atom stereocenters. The molecule has 2 nitrogen and oxygen atoms in total. The summed E-state index contributed by atoms with van der Waals surface area (Å²) in [5, 5.41) is 0. The van der Waals surface area contributed by atoms with Crippen molar-refractivity contribution in [2.75, 3.05) is 19.6 Å². The highest BCUT2D eigenvalue weighted by Crippen LogP contribution is 2.36. The molecule has 0 radical (unpaired) electrons. The lowest BCUT2D eigenvalue weighted by Crippen LogP contribution is -2.22. The van der Waals surface area contributed by atoms with Gasteiger partial charge < -0.3 is 5.73 Å². The Morgan fingerprint density at radius 1 is 1.27 bits per heavy atom. The van der Waals surface area contributed by atoms with Crippen LogP contribution in [0.25, 0.3) is 0 Å². The van der Waals surface area contributed by atoms with Crippen LogP contribution in [0.2, 0.25) is 4.34 Å². The summed E-state index contributed by atoms with van der Waals surface area (Å²) in [5.41, 5.74) is 7.40. The van der Waals surface area contributed by atoms with Crippen LogP contribution in [0.4, 0.5) is 0 Å². The number of rotatable bonds is 4. The molecule has 0 saturated carbocycles. The third-order valence-electron chi connectivity index (χ3n) is 4.12. The molecule has 0 aliphatic carbocycles. The monoisotopic (exact) mass is 420 g/mol. The molecule has 0 unspecified atom stereocenters. The fraction of sp³-hybridized carbons (Fsp3) is 0.375. The molecule has 0 spiro atoms. The summed E-state index contributed by atoms with van der Waals surface area (Å²) in [6.07, 6.45) is 0. The van der Waals surface area contributed by atoms with Crippen LogP contribution in [-0.4, -0.2) is 24.5 Å². The van der Waals surface area contributed by atoms with Crippen LogP contribution in [0, 0.1) is 5.92 Å². The van der Waals surface area contributed by atoms with Gasteiger partial charge in [-0.3, -0.25) is 4.90 Å². The predicted octanol–water partition coefficient (Wildman–Crippen LogP) is 4.76. The van der Waals surface area contributed by atoms with E-state index < -0.39 is 0 Å². The Hall–Kier alpha value is -0.100. The van der Waals surface area contributed by atoms with E-state index in [2.05, 4.69) is 57.2 Å². The van der Waals surface area contributed by atoms with E-state index in [-0.39, 0.29) is 12.4 Å². The Morgan fingerprint density at radius 2 is 2.00 bits per heavy atom. The van der Waals surface area contributed by atoms with Crippen LogP contribution in [0.5, 0.6) is 0 Å². The van der Waals surface area contributed by atoms with Crippen LogP contribution >= 0.6 is 51.3 Å². The molecule has 22 heavy (non-hydrogen) atoms. The lowest BCUT2D eigenvalue weighted by molar-refractivity contribution is 0.319. The average Bonchev–Trinajstić information content (AvgIpc) is 3.04. The second-order valence-electron chi connectivity index (χ2n) is 5.54. The minimum atomic E-state index is 0. The maximum Gasteiger partial charge on any atom is 0.107 e. The number of hydrogen-bond donors (Lipinski definition) is 1. The lowest BCUT2D eigenvalue weighted by atomic mass is 9.89. The van der Waals surface area contributed by atoms with Gasteiger partial charge in [0.05, 0.1) is 0 Å². The SMILES string of the molecule is Cl.NC[C@@H]1CN(Cc2cc(Br)c(Cl)s2)C[C@H]1c1ccccc1. The summed E-state index contributed by atoms with van der Waals surface area (Å²) in [4.78, 5) is 3.79. The first-order valence-electron chi connectivity index (χ1n) is 7.08. The Morgan fingerprint density at radius 3 is 2.59 bits per heavy atom. The van der Waals surface area contributed by atoms with Crippen LogP contribution in [0.3, 0.4) is 0 Å². The van der Waals surface area contributed by atoms with E-state index in [1.54, 1.807) is 11.3 Å². The summed E-state index contributed by atoms with van der Waals surface area (Å²) < 4.78 is 1.83. The highest BCUT2D eigenvalue weighted by Gasteiger charge is 2.32. The van der Waals surface area contributed by atoms with Gasteiger partial charge in [0.15, 0.2) is 0 Å². The van der Waals surface area contributed by atoms with E-state index >= 15 is 0 Å². The molecule has 2 N–H and O–H groups in total. The molecule has 3 rings (SSSR count). The van der Waals surface area contributed by atoms with E-state index in [1.165, 1.54) is 10.4 Å². The molecule has 2 heterocycles. The number of nitrogens with zero attached hydrogens (tertiary/aromatic N) is 1. The largest absolute Gasteiger partial charge is 0.330 e.